The van der Waals surface area contributed by atoms with E-state index >= 15 is 0 Å². The van der Waals surface area contributed by atoms with E-state index < -0.39 is 41.1 Å². The van der Waals surface area contributed by atoms with E-state index in [2.05, 4.69) is 30.7 Å². The molecule has 0 spiro atoms. The number of rotatable bonds is 13. The predicted octanol–water partition coefficient (Wildman–Crippen LogP) is 4.16. The topological polar surface area (TPSA) is 137 Å². The first-order valence-corrected chi connectivity index (χ1v) is 16.9. The van der Waals surface area contributed by atoms with Crippen molar-refractivity contribution in [2.24, 2.45) is 15.4 Å². The lowest BCUT2D eigenvalue weighted by atomic mass is 10.1. The van der Waals surface area contributed by atoms with Gasteiger partial charge in [-0.05, 0) is 83.1 Å². The average Bonchev–Trinajstić information content (AvgIpc) is 3.85. The van der Waals surface area contributed by atoms with Gasteiger partial charge in [-0.2, -0.15) is 23.2 Å². The molecule has 46 heavy (non-hydrogen) atoms. The van der Waals surface area contributed by atoms with Gasteiger partial charge in [0.05, 0.1) is 16.2 Å². The number of carbonyl (C=O) groups is 2. The fourth-order valence-electron chi connectivity index (χ4n) is 4.88. The summed E-state index contributed by atoms with van der Waals surface area (Å²) in [6, 6.07) is 6.44. The first kappa shape index (κ1) is 34.2. The van der Waals surface area contributed by atoms with Crippen LogP contribution in [0.15, 0.2) is 45.9 Å². The second-order valence-electron chi connectivity index (χ2n) is 12.5. The quantitative estimate of drug-likeness (QED) is 0.181. The van der Waals surface area contributed by atoms with Crippen LogP contribution in [0.4, 0.5) is 18.9 Å². The molecule has 1 aliphatic heterocycles. The Morgan fingerprint density at radius 1 is 1.20 bits per heavy atom. The molecule has 252 valence electrons. The van der Waals surface area contributed by atoms with Crippen LogP contribution in [0.25, 0.3) is 0 Å². The maximum atomic E-state index is 13.0. The van der Waals surface area contributed by atoms with Crippen molar-refractivity contribution >= 4 is 52.0 Å². The molecule has 2 amide bonds. The minimum atomic E-state index is -4.55. The van der Waals surface area contributed by atoms with Gasteiger partial charge in [0.25, 0.3) is 5.91 Å². The molecule has 4 aliphatic rings. The summed E-state index contributed by atoms with van der Waals surface area (Å²) < 4.78 is 58.9. The molecule has 4 N–H and O–H groups in total. The lowest BCUT2D eigenvalue weighted by Gasteiger charge is -2.33. The lowest BCUT2D eigenvalue weighted by molar-refractivity contribution is -0.195. The van der Waals surface area contributed by atoms with Crippen molar-refractivity contribution in [3.63, 3.8) is 0 Å². The van der Waals surface area contributed by atoms with E-state index in [4.69, 9.17) is 16.3 Å². The van der Waals surface area contributed by atoms with Gasteiger partial charge in [-0.3, -0.25) is 14.3 Å². The van der Waals surface area contributed by atoms with Gasteiger partial charge < -0.3 is 25.6 Å². The van der Waals surface area contributed by atoms with Crippen LogP contribution in [0.2, 0.25) is 0 Å². The highest BCUT2D eigenvalue weighted by Gasteiger charge is 2.51. The number of carbonyl (C=O) groups excluding carboxylic acids is 2. The smallest absolute Gasteiger partial charge is 0.351 e. The Morgan fingerprint density at radius 2 is 1.87 bits per heavy atom. The van der Waals surface area contributed by atoms with Gasteiger partial charge in [0.2, 0.25) is 24.2 Å². The van der Waals surface area contributed by atoms with E-state index in [1.54, 1.807) is 24.3 Å². The van der Waals surface area contributed by atoms with E-state index in [0.717, 1.165) is 31.3 Å². The number of alkyl halides is 4. The molecule has 11 nitrogen and oxygen atoms in total. The van der Waals surface area contributed by atoms with Gasteiger partial charge in [-0.25, -0.2) is 4.21 Å². The second kappa shape index (κ2) is 13.5. The van der Waals surface area contributed by atoms with Crippen molar-refractivity contribution in [2.45, 2.75) is 87.5 Å². The van der Waals surface area contributed by atoms with E-state index in [9.17, 15) is 27.0 Å². The molecule has 0 radical (unpaired) electrons. The molecule has 0 saturated heterocycles. The minimum absolute atomic E-state index is 0.0284. The highest BCUT2D eigenvalue weighted by atomic mass is 35.5. The molecule has 1 heterocycles. The standard InChI is InChI=1S/C30H39ClF3N7O4S/c1-18(4-5-19(2)31)29(14-15-29)39-25-37-26(41(3)27(38-25)45-17-30(32,33)34)36-21-8-6-20(7-9-21)23(42)35-16-28(12-13-28)24(43)40-46(44)22-10-11-22/h4,6-9,19,22,27H,5,10-17H2,1-3H3,(H,35,42)(H,40,43)(H2,36,37,38,39)/b18-4+. The summed E-state index contributed by atoms with van der Waals surface area (Å²) in [5.41, 5.74) is 0.773. The van der Waals surface area contributed by atoms with Crippen molar-refractivity contribution in [3.8, 4) is 0 Å². The number of allylic oxidation sites excluding steroid dienone is 1. The number of ether oxygens (including phenoxy) is 1. The summed E-state index contributed by atoms with van der Waals surface area (Å²) >= 11 is 6.11. The maximum absolute atomic E-state index is 13.0. The first-order valence-electron chi connectivity index (χ1n) is 15.2. The number of guanidine groups is 2. The van der Waals surface area contributed by atoms with Crippen molar-refractivity contribution in [1.29, 1.82) is 0 Å². The van der Waals surface area contributed by atoms with Crippen LogP contribution in [0.3, 0.4) is 0 Å². The third kappa shape index (κ3) is 8.79. The van der Waals surface area contributed by atoms with E-state index in [0.29, 0.717) is 30.5 Å². The van der Waals surface area contributed by atoms with Gasteiger partial charge in [-0.15, -0.1) is 11.6 Å². The van der Waals surface area contributed by atoms with E-state index in [-0.39, 0.29) is 40.9 Å². The Balaban J connectivity index is 1.23. The molecule has 1 aromatic rings. The van der Waals surface area contributed by atoms with Crippen molar-refractivity contribution in [3.05, 3.63) is 41.5 Å². The van der Waals surface area contributed by atoms with Crippen LogP contribution < -0.4 is 20.7 Å². The Hall–Kier alpha value is -3.17. The Labute approximate surface area is 273 Å². The highest BCUT2D eigenvalue weighted by molar-refractivity contribution is 7.84. The zero-order valence-corrected chi connectivity index (χ0v) is 27.4. The molecule has 3 unspecified atom stereocenters. The fourth-order valence-corrected chi connectivity index (χ4v) is 6.09. The number of nitrogens with zero attached hydrogens (tertiary/aromatic N) is 3. The number of benzene rings is 1. The summed E-state index contributed by atoms with van der Waals surface area (Å²) in [7, 11) is 0.131. The summed E-state index contributed by atoms with van der Waals surface area (Å²) in [5, 5.41) is 9.18. The van der Waals surface area contributed by atoms with Gasteiger partial charge in [0.1, 0.15) is 17.6 Å². The Morgan fingerprint density at radius 3 is 2.43 bits per heavy atom. The van der Waals surface area contributed by atoms with Gasteiger partial charge >= 0.3 is 6.18 Å². The van der Waals surface area contributed by atoms with Crippen LogP contribution in [0.1, 0.15) is 69.2 Å². The molecule has 3 aliphatic carbocycles. The van der Waals surface area contributed by atoms with Crippen LogP contribution >= 0.6 is 11.6 Å². The van der Waals surface area contributed by atoms with Crippen LogP contribution in [0.5, 0.6) is 0 Å². The number of aliphatic imine (C=N–C) groups is 2. The number of halogens is 4. The largest absolute Gasteiger partial charge is 0.411 e. The molecule has 5 rings (SSSR count). The average molecular weight is 686 g/mol. The van der Waals surface area contributed by atoms with E-state index in [1.807, 2.05) is 19.9 Å². The number of anilines is 1. The molecule has 0 aromatic heterocycles. The lowest BCUT2D eigenvalue weighted by Crippen LogP contribution is -2.49. The third-order valence-corrected chi connectivity index (χ3v) is 10.1. The minimum Gasteiger partial charge on any atom is -0.351 e. The Bertz CT molecular complexity index is 1440. The van der Waals surface area contributed by atoms with Crippen molar-refractivity contribution in [1.82, 2.24) is 20.3 Å². The second-order valence-corrected chi connectivity index (χ2v) is 14.7. The van der Waals surface area contributed by atoms with Crippen LogP contribution in [0, 0.1) is 5.41 Å². The van der Waals surface area contributed by atoms with Gasteiger partial charge in [-0.1, -0.05) is 11.6 Å². The zero-order chi connectivity index (χ0) is 33.3. The zero-order valence-electron chi connectivity index (χ0n) is 25.9. The molecule has 3 atom stereocenters. The van der Waals surface area contributed by atoms with Crippen molar-refractivity contribution in [2.75, 3.05) is 25.5 Å². The monoisotopic (exact) mass is 685 g/mol. The number of amides is 2. The van der Waals surface area contributed by atoms with Crippen LogP contribution in [-0.2, 0) is 20.5 Å². The first-order chi connectivity index (χ1) is 21.7. The summed E-state index contributed by atoms with van der Waals surface area (Å²) in [5.74, 6) is -0.346. The Kier molecular flexibility index (Phi) is 10.0. The summed E-state index contributed by atoms with van der Waals surface area (Å²) in [6.07, 6.45) is 1.39. The molecule has 16 heteroatoms. The van der Waals surface area contributed by atoms with Crippen molar-refractivity contribution < 1.29 is 31.7 Å². The van der Waals surface area contributed by atoms with Crippen LogP contribution in [-0.4, -0.2) is 81.7 Å². The maximum Gasteiger partial charge on any atom is 0.411 e. The third-order valence-electron chi connectivity index (χ3n) is 8.46. The number of hydrogen-bond acceptors (Lipinski definition) is 9. The van der Waals surface area contributed by atoms with Gasteiger partial charge in [0, 0.05) is 30.2 Å². The molecule has 0 bridgehead atoms. The molecule has 3 fully saturated rings. The summed E-state index contributed by atoms with van der Waals surface area (Å²) in [4.78, 5) is 35.7. The molecular weight excluding hydrogens is 647 g/mol. The predicted molar refractivity (Wildman–Crippen MR) is 171 cm³/mol. The summed E-state index contributed by atoms with van der Waals surface area (Å²) in [6.45, 7) is 2.52. The highest BCUT2D eigenvalue weighted by Crippen LogP contribution is 2.46. The SMILES string of the molecule is C/C(=C\CC(C)Cl)C1(NC2=NC(OCC(F)(F)F)N(C)C(Nc3ccc(C(=O)NCC4(C(=O)NS(=O)C5CC5)CC4)cc3)=N2)CC1. The number of hydrogen-bond donors (Lipinski definition) is 4. The molecule has 3 saturated carbocycles. The van der Waals surface area contributed by atoms with E-state index in [1.165, 1.54) is 11.9 Å². The molecule has 1 aromatic carbocycles. The fraction of sp³-hybridized carbons (Fsp3) is 0.600. The van der Waals surface area contributed by atoms with Gasteiger partial charge in [0.15, 0.2) is 0 Å². The normalized spacial score (nSPS) is 23.0. The molecular formula is C30H39ClF3N7O4S. The number of nitrogens with one attached hydrogen (secondary N) is 4.